The van der Waals surface area contributed by atoms with E-state index in [1.807, 2.05) is 18.4 Å². The number of benzene rings is 1. The van der Waals surface area contributed by atoms with Gasteiger partial charge in [-0.25, -0.2) is 8.42 Å². The molecule has 0 bridgehead atoms. The van der Waals surface area contributed by atoms with Crippen molar-refractivity contribution in [1.29, 1.82) is 0 Å². The molecule has 0 aliphatic heterocycles. The first-order valence-corrected chi connectivity index (χ1v) is 9.23. The minimum absolute atomic E-state index is 0.324. The van der Waals surface area contributed by atoms with Gasteiger partial charge in [0.25, 0.3) is 10.0 Å². The second-order valence-electron chi connectivity index (χ2n) is 4.17. The number of nitrogens with one attached hydrogen (secondary N) is 2. The molecular formula is C13H15BrN2O2S2. The fourth-order valence-electron chi connectivity index (χ4n) is 1.61. The van der Waals surface area contributed by atoms with Crippen LogP contribution in [0.2, 0.25) is 0 Å². The van der Waals surface area contributed by atoms with Gasteiger partial charge in [-0.3, -0.25) is 4.72 Å². The van der Waals surface area contributed by atoms with Crippen molar-refractivity contribution in [2.45, 2.75) is 17.7 Å². The van der Waals surface area contributed by atoms with Gasteiger partial charge in [-0.2, -0.15) is 0 Å². The summed E-state index contributed by atoms with van der Waals surface area (Å²) in [7, 11) is -3.51. The summed E-state index contributed by atoms with van der Waals surface area (Å²) in [6.45, 7) is 3.55. The molecule has 2 aromatic rings. The number of anilines is 1. The van der Waals surface area contributed by atoms with E-state index in [0.29, 0.717) is 16.4 Å². The van der Waals surface area contributed by atoms with Crippen LogP contribution in [-0.2, 0) is 16.6 Å². The molecular weight excluding hydrogens is 360 g/mol. The zero-order valence-electron chi connectivity index (χ0n) is 10.9. The zero-order chi connectivity index (χ0) is 14.6. The van der Waals surface area contributed by atoms with Gasteiger partial charge in [0.2, 0.25) is 0 Å². The van der Waals surface area contributed by atoms with Crippen LogP contribution in [0, 0.1) is 0 Å². The molecule has 7 heteroatoms. The molecule has 0 unspecified atom stereocenters. The zero-order valence-corrected chi connectivity index (χ0v) is 14.1. The first kappa shape index (κ1) is 15.5. The molecule has 0 aliphatic carbocycles. The highest BCUT2D eigenvalue weighted by molar-refractivity contribution is 9.10. The lowest BCUT2D eigenvalue weighted by molar-refractivity contribution is 0.603. The molecule has 1 heterocycles. The summed E-state index contributed by atoms with van der Waals surface area (Å²) in [5, 5.41) is 5.03. The quantitative estimate of drug-likeness (QED) is 0.814. The molecule has 0 aliphatic rings. The van der Waals surface area contributed by atoms with Gasteiger partial charge in [-0.15, -0.1) is 11.3 Å². The van der Waals surface area contributed by atoms with E-state index < -0.39 is 10.0 Å². The molecule has 2 N–H and O–H groups in total. The van der Waals surface area contributed by atoms with E-state index in [4.69, 9.17) is 0 Å². The summed E-state index contributed by atoms with van der Waals surface area (Å²) in [4.78, 5) is 0. The van der Waals surface area contributed by atoms with Gasteiger partial charge in [0.1, 0.15) is 4.21 Å². The van der Waals surface area contributed by atoms with Crippen LogP contribution in [0.15, 0.2) is 44.4 Å². The third kappa shape index (κ3) is 4.05. The van der Waals surface area contributed by atoms with E-state index in [9.17, 15) is 8.42 Å². The Bertz CT molecular complexity index is 683. The number of sulfonamides is 1. The second-order valence-corrected chi connectivity index (χ2v) is 7.91. The van der Waals surface area contributed by atoms with Crippen molar-refractivity contribution in [3.05, 3.63) is 45.7 Å². The van der Waals surface area contributed by atoms with E-state index in [-0.39, 0.29) is 0 Å². The smallest absolute Gasteiger partial charge is 0.271 e. The van der Waals surface area contributed by atoms with E-state index >= 15 is 0 Å². The Hall–Kier alpha value is -0.890. The molecule has 2 rings (SSSR count). The normalized spacial score (nSPS) is 11.5. The summed E-state index contributed by atoms with van der Waals surface area (Å²) in [6.07, 6.45) is 0. The van der Waals surface area contributed by atoms with Crippen LogP contribution in [-0.4, -0.2) is 15.0 Å². The summed E-state index contributed by atoms with van der Waals surface area (Å²) >= 11 is 4.55. The molecule has 20 heavy (non-hydrogen) atoms. The topological polar surface area (TPSA) is 58.2 Å². The van der Waals surface area contributed by atoms with E-state index in [2.05, 4.69) is 26.0 Å². The average molecular weight is 375 g/mol. The van der Waals surface area contributed by atoms with Crippen molar-refractivity contribution in [3.63, 3.8) is 0 Å². The van der Waals surface area contributed by atoms with Crippen molar-refractivity contribution in [3.8, 4) is 0 Å². The fourth-order valence-corrected chi connectivity index (χ4v) is 4.27. The SMILES string of the molecule is CCNCc1csc(S(=O)(=O)Nc2cccc(Br)c2)c1. The lowest BCUT2D eigenvalue weighted by atomic mass is 10.3. The van der Waals surface area contributed by atoms with Crippen LogP contribution in [0.3, 0.4) is 0 Å². The van der Waals surface area contributed by atoms with Crippen molar-refractivity contribution in [1.82, 2.24) is 5.32 Å². The molecule has 0 saturated carbocycles. The second kappa shape index (κ2) is 6.71. The fraction of sp³-hybridized carbons (Fsp3) is 0.231. The van der Waals surface area contributed by atoms with Crippen LogP contribution in [0.1, 0.15) is 12.5 Å². The van der Waals surface area contributed by atoms with Crippen molar-refractivity contribution in [2.75, 3.05) is 11.3 Å². The average Bonchev–Trinajstić information content (AvgIpc) is 2.85. The molecule has 0 atom stereocenters. The number of hydrogen-bond donors (Lipinski definition) is 2. The molecule has 1 aromatic heterocycles. The largest absolute Gasteiger partial charge is 0.313 e. The summed E-state index contributed by atoms with van der Waals surface area (Å²) in [5.41, 5.74) is 1.52. The van der Waals surface area contributed by atoms with Crippen LogP contribution < -0.4 is 10.0 Å². The highest BCUT2D eigenvalue weighted by Crippen LogP contribution is 2.24. The number of thiophene rings is 1. The maximum absolute atomic E-state index is 12.3. The van der Waals surface area contributed by atoms with Gasteiger partial charge in [-0.05, 0) is 41.8 Å². The summed E-state index contributed by atoms with van der Waals surface area (Å²) in [5.74, 6) is 0. The minimum atomic E-state index is -3.51. The highest BCUT2D eigenvalue weighted by Gasteiger charge is 2.16. The van der Waals surface area contributed by atoms with Crippen molar-refractivity contribution < 1.29 is 8.42 Å². The van der Waals surface area contributed by atoms with Gasteiger partial charge in [0, 0.05) is 16.7 Å². The summed E-state index contributed by atoms with van der Waals surface area (Å²) < 4.78 is 28.3. The van der Waals surface area contributed by atoms with Gasteiger partial charge < -0.3 is 5.32 Å². The van der Waals surface area contributed by atoms with E-state index in [0.717, 1.165) is 16.6 Å². The number of hydrogen-bond acceptors (Lipinski definition) is 4. The third-order valence-corrected chi connectivity index (χ3v) is 5.91. The maximum atomic E-state index is 12.3. The number of rotatable bonds is 6. The molecule has 0 spiro atoms. The van der Waals surface area contributed by atoms with Crippen LogP contribution in [0.5, 0.6) is 0 Å². The molecule has 4 nitrogen and oxygen atoms in total. The first-order valence-electron chi connectivity index (χ1n) is 6.08. The predicted octanol–water partition coefficient (Wildman–Crippen LogP) is 3.42. The van der Waals surface area contributed by atoms with Crippen molar-refractivity contribution >= 4 is 43.0 Å². The van der Waals surface area contributed by atoms with E-state index in [1.165, 1.54) is 11.3 Å². The lowest BCUT2D eigenvalue weighted by Crippen LogP contribution is -2.12. The van der Waals surface area contributed by atoms with Crippen LogP contribution in [0.4, 0.5) is 5.69 Å². The van der Waals surface area contributed by atoms with Gasteiger partial charge >= 0.3 is 0 Å². The Morgan fingerprint density at radius 3 is 2.80 bits per heavy atom. The maximum Gasteiger partial charge on any atom is 0.271 e. The van der Waals surface area contributed by atoms with Crippen LogP contribution in [0.25, 0.3) is 0 Å². The lowest BCUT2D eigenvalue weighted by Gasteiger charge is -2.06. The standard InChI is InChI=1S/C13H15BrN2O2S2/c1-2-15-8-10-6-13(19-9-10)20(17,18)16-12-5-3-4-11(14)7-12/h3-7,9,15-16H,2,8H2,1H3. The molecule has 0 fully saturated rings. The Morgan fingerprint density at radius 1 is 1.30 bits per heavy atom. The molecule has 108 valence electrons. The van der Waals surface area contributed by atoms with Gasteiger partial charge in [-0.1, -0.05) is 28.9 Å². The minimum Gasteiger partial charge on any atom is -0.313 e. The summed E-state index contributed by atoms with van der Waals surface area (Å²) in [6, 6.07) is 8.78. The van der Waals surface area contributed by atoms with Crippen molar-refractivity contribution in [2.24, 2.45) is 0 Å². The highest BCUT2D eigenvalue weighted by atomic mass is 79.9. The Kier molecular flexibility index (Phi) is 5.20. The Balaban J connectivity index is 2.16. The van der Waals surface area contributed by atoms with Gasteiger partial charge in [0.05, 0.1) is 0 Å². The number of halogens is 1. The van der Waals surface area contributed by atoms with Gasteiger partial charge in [0.15, 0.2) is 0 Å². The Labute approximate surface area is 131 Å². The first-order chi connectivity index (χ1) is 9.51. The predicted molar refractivity (Wildman–Crippen MR) is 86.7 cm³/mol. The molecule has 0 saturated heterocycles. The Morgan fingerprint density at radius 2 is 2.10 bits per heavy atom. The molecule has 1 aromatic carbocycles. The third-order valence-electron chi connectivity index (χ3n) is 2.55. The van der Waals surface area contributed by atoms with Crippen LogP contribution >= 0.6 is 27.3 Å². The molecule has 0 radical (unpaired) electrons. The monoisotopic (exact) mass is 374 g/mol. The van der Waals surface area contributed by atoms with E-state index in [1.54, 1.807) is 24.3 Å². The molecule has 0 amide bonds.